The topological polar surface area (TPSA) is 255 Å². The first-order valence-corrected chi connectivity index (χ1v) is 20.4. The fourth-order valence-electron chi connectivity index (χ4n) is 10.1. The molecule has 0 radical (unpaired) electrons. The lowest BCUT2D eigenvalue weighted by Gasteiger charge is -2.20. The highest BCUT2D eigenvalue weighted by Crippen LogP contribution is 2.50. The molecule has 0 saturated carbocycles. The number of carboxylic acid groups (broad SMARTS) is 3. The molecule has 2 aromatic carbocycles. The van der Waals surface area contributed by atoms with Crippen LogP contribution >= 0.6 is 0 Å². The molecule has 17 heteroatoms. The molecule has 3 aliphatic carbocycles. The smallest absolute Gasteiger partial charge is 0.337 e. The van der Waals surface area contributed by atoms with Gasteiger partial charge in [-0.15, -0.1) is 0 Å². The second-order valence-corrected chi connectivity index (χ2v) is 16.9. The number of amides is 3. The molecule has 0 saturated heterocycles. The van der Waals surface area contributed by atoms with Crippen molar-refractivity contribution in [2.75, 3.05) is 16.0 Å². The summed E-state index contributed by atoms with van der Waals surface area (Å²) in [5.74, 6) is -3.26. The average Bonchev–Trinajstić information content (AvgIpc) is 4.14. The van der Waals surface area contributed by atoms with Gasteiger partial charge >= 0.3 is 17.9 Å². The monoisotopic (exact) mass is 866 g/mol. The van der Waals surface area contributed by atoms with Gasteiger partial charge in [-0.25, -0.2) is 19.2 Å². The molecular formula is C48H34N8O9. The first-order chi connectivity index (χ1) is 31.2. The van der Waals surface area contributed by atoms with Crippen LogP contribution < -0.4 is 16.0 Å². The zero-order valence-corrected chi connectivity index (χ0v) is 34.0. The maximum Gasteiger partial charge on any atom is 0.337 e. The first-order valence-electron chi connectivity index (χ1n) is 20.4. The minimum atomic E-state index is -1.03. The summed E-state index contributed by atoms with van der Waals surface area (Å²) in [6, 6.07) is 19.4. The van der Waals surface area contributed by atoms with Crippen molar-refractivity contribution in [2.24, 2.45) is 0 Å². The first kappa shape index (κ1) is 40.4. The third-order valence-electron chi connectivity index (χ3n) is 13.3. The zero-order valence-electron chi connectivity index (χ0n) is 34.0. The van der Waals surface area contributed by atoms with Gasteiger partial charge in [0.15, 0.2) is 5.69 Å². The number of anilines is 3. The Hall–Kier alpha value is -8.65. The Morgan fingerprint density at radius 3 is 1.43 bits per heavy atom. The van der Waals surface area contributed by atoms with Crippen LogP contribution in [0, 0.1) is 6.57 Å². The van der Waals surface area contributed by atoms with Crippen molar-refractivity contribution >= 4 is 58.4 Å². The van der Waals surface area contributed by atoms with Crippen LogP contribution in [-0.2, 0) is 69.2 Å². The Morgan fingerprint density at radius 2 is 0.954 bits per heavy atom. The van der Waals surface area contributed by atoms with Crippen LogP contribution in [-0.4, -0.2) is 70.9 Å². The molecule has 0 unspecified atom stereocenters. The molecule has 3 atom stereocenters. The van der Waals surface area contributed by atoms with E-state index in [-0.39, 0.29) is 34.4 Å². The number of carboxylic acids is 3. The highest BCUT2D eigenvalue weighted by atomic mass is 16.4. The summed E-state index contributed by atoms with van der Waals surface area (Å²) in [7, 11) is 0. The number of aromatic carboxylic acids is 3. The number of para-hydroxylation sites is 1. The van der Waals surface area contributed by atoms with Crippen molar-refractivity contribution < 1.29 is 44.1 Å². The van der Waals surface area contributed by atoms with Gasteiger partial charge < -0.3 is 31.3 Å². The molecule has 17 nitrogen and oxygen atoms in total. The molecule has 12 rings (SSSR count). The zero-order chi connectivity index (χ0) is 45.4. The van der Waals surface area contributed by atoms with Gasteiger partial charge in [-0.05, 0) is 83.5 Å². The maximum atomic E-state index is 12.6. The van der Waals surface area contributed by atoms with E-state index in [9.17, 15) is 28.8 Å². The summed E-state index contributed by atoms with van der Waals surface area (Å²) in [4.78, 5) is 91.0. The summed E-state index contributed by atoms with van der Waals surface area (Å²) in [6.45, 7) is 7.16. The Morgan fingerprint density at radius 1 is 0.523 bits per heavy atom. The van der Waals surface area contributed by atoms with Crippen molar-refractivity contribution in [1.82, 2.24) is 19.9 Å². The SMILES string of the molecule is O=C(O)c1cnc2c(c1)C[C@@]1(C2)C(=O)Nc2ccccc21.O=C(O)c1cnc2c(c1)C[C@@]1(C2)C(=O)Nc2ccncc21.[C-]#[N+]c1ccc2c(c1)[C@@]1(Cc3cc(C(=O)O)cnc3C1)C(=O)N2. The number of nitrogens with zero attached hydrogens (tertiary/aromatic N) is 5. The van der Waals surface area contributed by atoms with Crippen molar-refractivity contribution in [2.45, 2.75) is 54.8 Å². The van der Waals surface area contributed by atoms with Gasteiger partial charge in [0.2, 0.25) is 17.7 Å². The quantitative estimate of drug-likeness (QED) is 0.124. The summed E-state index contributed by atoms with van der Waals surface area (Å²) < 4.78 is 0. The predicted octanol–water partition coefficient (Wildman–Crippen LogP) is 5.25. The number of hydrogen-bond donors (Lipinski definition) is 6. The largest absolute Gasteiger partial charge is 0.478 e. The van der Waals surface area contributed by atoms with Crippen LogP contribution in [0.15, 0.2) is 97.7 Å². The van der Waals surface area contributed by atoms with E-state index in [0.29, 0.717) is 49.9 Å². The molecule has 320 valence electrons. The standard InChI is InChI=1S/C17H11N3O3.C16H12N2O3.C15H11N3O3/c1-18-11-2-3-13-12(5-11)17(16(23)20-13)6-9-4-10(15(21)22)8-19-14(9)7-17;19-14(20)10-5-9-6-16(7-13(9)17-8-10)11-3-1-2-4-12(11)18-15(16)21;19-13(20)9-3-8-4-15(5-12(8)17-6-9)10-7-16-2-1-11(10)18-14(15)21/h2-5,8H,6-7H2,(H,20,23)(H,21,22);1-5,8H,6-7H2,(H,18,21)(H,19,20);1-3,6-7H,4-5H2,(H,18,21)(H,19,20)/t17-;16-;15-/m000/s1. The van der Waals surface area contributed by atoms with E-state index in [0.717, 1.165) is 61.8 Å². The summed E-state index contributed by atoms with van der Waals surface area (Å²) >= 11 is 0. The lowest BCUT2D eigenvalue weighted by Crippen LogP contribution is -2.35. The number of nitrogens with one attached hydrogen (secondary N) is 3. The van der Waals surface area contributed by atoms with E-state index in [4.69, 9.17) is 21.9 Å². The molecular weight excluding hydrogens is 833 g/mol. The van der Waals surface area contributed by atoms with Crippen molar-refractivity contribution in [3.63, 3.8) is 0 Å². The van der Waals surface area contributed by atoms with Crippen LogP contribution in [0.2, 0.25) is 0 Å². The maximum absolute atomic E-state index is 12.6. The number of benzene rings is 2. The predicted molar refractivity (Wildman–Crippen MR) is 230 cm³/mol. The average molecular weight is 867 g/mol. The fraction of sp³-hybridized carbons (Fsp3) is 0.188. The second kappa shape index (κ2) is 14.7. The summed E-state index contributed by atoms with van der Waals surface area (Å²) in [6.07, 6.45) is 10.1. The van der Waals surface area contributed by atoms with E-state index in [1.54, 1.807) is 54.9 Å². The van der Waals surface area contributed by atoms with Crippen LogP contribution in [0.5, 0.6) is 0 Å². The van der Waals surface area contributed by atoms with Crippen molar-refractivity contribution in [3.05, 3.63) is 176 Å². The van der Waals surface area contributed by atoms with E-state index in [1.165, 1.54) is 18.6 Å². The van der Waals surface area contributed by atoms with Crippen molar-refractivity contribution in [1.29, 1.82) is 0 Å². The van der Waals surface area contributed by atoms with Gasteiger partial charge in [0.05, 0.1) is 39.5 Å². The van der Waals surface area contributed by atoms with E-state index >= 15 is 0 Å². The van der Waals surface area contributed by atoms with Gasteiger partial charge in [-0.3, -0.25) is 34.3 Å². The molecule has 0 bridgehead atoms. The number of fused-ring (bicyclic) bond motifs is 9. The molecule has 0 fully saturated rings. The lowest BCUT2D eigenvalue weighted by molar-refractivity contribution is -0.121. The number of pyridine rings is 4. The second-order valence-electron chi connectivity index (χ2n) is 16.9. The summed E-state index contributed by atoms with van der Waals surface area (Å²) in [5.41, 5.74) is 8.55. The molecule has 6 aromatic rings. The van der Waals surface area contributed by atoms with Gasteiger partial charge in [0.1, 0.15) is 0 Å². The van der Waals surface area contributed by atoms with E-state index in [1.807, 2.05) is 24.3 Å². The lowest BCUT2D eigenvalue weighted by atomic mass is 9.79. The molecule has 3 spiro atoms. The van der Waals surface area contributed by atoms with Crippen LogP contribution in [0.4, 0.5) is 22.7 Å². The number of aromatic nitrogens is 4. The van der Waals surface area contributed by atoms with Gasteiger partial charge in [-0.1, -0.05) is 30.3 Å². The van der Waals surface area contributed by atoms with Crippen LogP contribution in [0.3, 0.4) is 0 Å². The molecule has 65 heavy (non-hydrogen) atoms. The number of rotatable bonds is 3. The van der Waals surface area contributed by atoms with E-state index in [2.05, 4.69) is 40.7 Å². The minimum Gasteiger partial charge on any atom is -0.478 e. The molecule has 6 N–H and O–H groups in total. The number of hydrogen-bond acceptors (Lipinski definition) is 10. The molecule has 3 amide bonds. The molecule has 4 aromatic heterocycles. The fourth-order valence-corrected chi connectivity index (χ4v) is 10.1. The minimum absolute atomic E-state index is 0.0291. The Labute approximate surface area is 368 Å². The Bertz CT molecular complexity index is 3070. The molecule has 6 aliphatic rings. The van der Waals surface area contributed by atoms with Gasteiger partial charge in [0, 0.05) is 90.0 Å². The highest BCUT2D eigenvalue weighted by molar-refractivity contribution is 6.09. The number of carbonyl (C=O) groups excluding carboxylic acids is 3. The molecule has 3 aliphatic heterocycles. The van der Waals surface area contributed by atoms with Gasteiger partial charge in [0.25, 0.3) is 0 Å². The van der Waals surface area contributed by atoms with E-state index < -0.39 is 34.2 Å². The Kier molecular flexibility index (Phi) is 9.16. The van der Waals surface area contributed by atoms with Crippen molar-refractivity contribution in [3.8, 4) is 0 Å². The van der Waals surface area contributed by atoms with Gasteiger partial charge in [-0.2, -0.15) is 0 Å². The van der Waals surface area contributed by atoms with Crippen LogP contribution in [0.1, 0.15) is 81.5 Å². The highest BCUT2D eigenvalue weighted by Gasteiger charge is 2.53. The third kappa shape index (κ3) is 6.36. The normalized spacial score (nSPS) is 21.6. The number of carbonyl (C=O) groups is 6. The summed E-state index contributed by atoms with van der Waals surface area (Å²) in [5, 5.41) is 35.9. The Balaban J connectivity index is 0.000000115. The molecule has 7 heterocycles. The third-order valence-corrected chi connectivity index (χ3v) is 13.3. The van der Waals surface area contributed by atoms with Crippen LogP contribution in [0.25, 0.3) is 4.85 Å².